The number of amides is 2. The molecule has 4 N–H and O–H groups in total. The van der Waals surface area contributed by atoms with Gasteiger partial charge < -0.3 is 16.4 Å². The third-order valence-electron chi connectivity index (χ3n) is 3.29. The number of rotatable bonds is 5. The average molecular weight is 287 g/mol. The number of primary amides is 1. The molecule has 1 atom stereocenters. The van der Waals surface area contributed by atoms with E-state index in [0.717, 1.165) is 23.4 Å². The molecule has 2 rings (SSSR count). The molecule has 1 aromatic carbocycles. The van der Waals surface area contributed by atoms with Crippen LogP contribution < -0.4 is 16.4 Å². The van der Waals surface area contributed by atoms with Crippen LogP contribution in [0.5, 0.6) is 0 Å². The topological polar surface area (TPSA) is 85.0 Å². The van der Waals surface area contributed by atoms with Crippen molar-refractivity contribution in [3.63, 3.8) is 0 Å². The maximum atomic E-state index is 10.8. The molecular formula is C15H21N5O. The second-order valence-electron chi connectivity index (χ2n) is 4.99. The lowest BCUT2D eigenvalue weighted by Crippen LogP contribution is -2.19. The molecule has 0 saturated heterocycles. The number of benzene rings is 1. The van der Waals surface area contributed by atoms with Crippen molar-refractivity contribution in [3.05, 3.63) is 41.7 Å². The van der Waals surface area contributed by atoms with Crippen LogP contribution in [0.3, 0.4) is 0 Å². The zero-order valence-electron chi connectivity index (χ0n) is 12.6. The Labute approximate surface area is 124 Å². The number of hydrogen-bond acceptors (Lipinski definition) is 3. The summed E-state index contributed by atoms with van der Waals surface area (Å²) < 4.78 is 1.81. The van der Waals surface area contributed by atoms with E-state index in [2.05, 4.69) is 29.6 Å². The quantitative estimate of drug-likeness (QED) is 0.790. The number of aryl methyl sites for hydroxylation is 2. The van der Waals surface area contributed by atoms with Gasteiger partial charge in [-0.3, -0.25) is 4.68 Å². The van der Waals surface area contributed by atoms with Crippen LogP contribution in [0.15, 0.2) is 30.5 Å². The second-order valence-corrected chi connectivity index (χ2v) is 4.99. The molecule has 1 aromatic heterocycles. The number of carbonyl (C=O) groups is 1. The molecule has 1 heterocycles. The number of carbonyl (C=O) groups excluding carboxylic acids is 1. The lowest BCUT2D eigenvalue weighted by atomic mass is 10.1. The van der Waals surface area contributed by atoms with Crippen LogP contribution in [-0.4, -0.2) is 15.8 Å². The summed E-state index contributed by atoms with van der Waals surface area (Å²) in [6.07, 6.45) is 2.87. The van der Waals surface area contributed by atoms with Gasteiger partial charge in [0.1, 0.15) is 0 Å². The van der Waals surface area contributed by atoms with E-state index in [0.29, 0.717) is 5.69 Å². The van der Waals surface area contributed by atoms with Gasteiger partial charge >= 0.3 is 6.03 Å². The van der Waals surface area contributed by atoms with Crippen LogP contribution in [0.1, 0.15) is 31.1 Å². The first-order valence-electron chi connectivity index (χ1n) is 6.95. The number of aromatic nitrogens is 2. The average Bonchev–Trinajstić information content (AvgIpc) is 2.78. The SMILES string of the molecule is CCc1nn(C)cc1NC(C)c1ccc(NC(N)=O)cc1. The van der Waals surface area contributed by atoms with Crippen molar-refractivity contribution in [3.8, 4) is 0 Å². The van der Waals surface area contributed by atoms with Crippen LogP contribution in [0, 0.1) is 0 Å². The fraction of sp³-hybridized carbons (Fsp3) is 0.333. The molecule has 21 heavy (non-hydrogen) atoms. The molecule has 0 fully saturated rings. The van der Waals surface area contributed by atoms with E-state index in [1.165, 1.54) is 0 Å². The Balaban J connectivity index is 2.09. The number of anilines is 2. The zero-order chi connectivity index (χ0) is 15.4. The van der Waals surface area contributed by atoms with Crippen molar-refractivity contribution in [2.45, 2.75) is 26.3 Å². The fourth-order valence-corrected chi connectivity index (χ4v) is 2.23. The molecule has 6 heteroatoms. The summed E-state index contributed by atoms with van der Waals surface area (Å²) >= 11 is 0. The maximum absolute atomic E-state index is 10.8. The van der Waals surface area contributed by atoms with Crippen LogP contribution >= 0.6 is 0 Å². The Hall–Kier alpha value is -2.50. The minimum Gasteiger partial charge on any atom is -0.376 e. The van der Waals surface area contributed by atoms with E-state index in [1.54, 1.807) is 0 Å². The van der Waals surface area contributed by atoms with E-state index in [1.807, 2.05) is 42.2 Å². The molecule has 0 aliphatic carbocycles. The Morgan fingerprint density at radius 1 is 1.38 bits per heavy atom. The summed E-state index contributed by atoms with van der Waals surface area (Å²) in [5.41, 5.74) is 9.00. The van der Waals surface area contributed by atoms with Crippen LogP contribution in [0.2, 0.25) is 0 Å². The Morgan fingerprint density at radius 2 is 2.05 bits per heavy atom. The van der Waals surface area contributed by atoms with Gasteiger partial charge in [0.2, 0.25) is 0 Å². The molecule has 112 valence electrons. The molecule has 0 aliphatic heterocycles. The number of hydrogen-bond donors (Lipinski definition) is 3. The summed E-state index contributed by atoms with van der Waals surface area (Å²) in [4.78, 5) is 10.8. The molecule has 0 radical (unpaired) electrons. The summed E-state index contributed by atoms with van der Waals surface area (Å²) in [7, 11) is 1.92. The Kier molecular flexibility index (Phi) is 4.47. The third-order valence-corrected chi connectivity index (χ3v) is 3.29. The number of nitrogens with two attached hydrogens (primary N) is 1. The summed E-state index contributed by atoms with van der Waals surface area (Å²) in [6.45, 7) is 4.17. The van der Waals surface area contributed by atoms with E-state index in [-0.39, 0.29) is 6.04 Å². The van der Waals surface area contributed by atoms with E-state index < -0.39 is 6.03 Å². The molecule has 2 amide bonds. The minimum atomic E-state index is -0.558. The van der Waals surface area contributed by atoms with E-state index >= 15 is 0 Å². The van der Waals surface area contributed by atoms with Gasteiger partial charge in [-0.25, -0.2) is 4.79 Å². The van der Waals surface area contributed by atoms with Gasteiger partial charge in [-0.1, -0.05) is 19.1 Å². The van der Waals surface area contributed by atoms with Crippen molar-refractivity contribution in [2.75, 3.05) is 10.6 Å². The van der Waals surface area contributed by atoms with Crippen LogP contribution in [-0.2, 0) is 13.5 Å². The summed E-state index contributed by atoms with van der Waals surface area (Å²) in [6, 6.07) is 7.18. The first kappa shape index (κ1) is 14.9. The van der Waals surface area contributed by atoms with E-state index in [9.17, 15) is 4.79 Å². The van der Waals surface area contributed by atoms with Crippen molar-refractivity contribution in [1.29, 1.82) is 0 Å². The van der Waals surface area contributed by atoms with Crippen LogP contribution in [0.4, 0.5) is 16.2 Å². The number of urea groups is 1. The normalized spacial score (nSPS) is 12.0. The van der Waals surface area contributed by atoms with Crippen molar-refractivity contribution in [2.24, 2.45) is 12.8 Å². The minimum absolute atomic E-state index is 0.141. The molecule has 0 saturated carbocycles. The summed E-state index contributed by atoms with van der Waals surface area (Å²) in [5, 5.41) is 10.4. The standard InChI is InChI=1S/C15H21N5O/c1-4-13-14(9-20(3)19-13)17-10(2)11-5-7-12(8-6-11)18-15(16)21/h5-10,17H,4H2,1-3H3,(H3,16,18,21). The molecule has 6 nitrogen and oxygen atoms in total. The zero-order valence-corrected chi connectivity index (χ0v) is 12.6. The molecule has 0 bridgehead atoms. The van der Waals surface area contributed by atoms with Gasteiger partial charge in [-0.05, 0) is 31.0 Å². The molecule has 2 aromatic rings. The second kappa shape index (κ2) is 6.30. The molecule has 1 unspecified atom stereocenters. The predicted octanol–water partition coefficient (Wildman–Crippen LogP) is 2.65. The predicted molar refractivity (Wildman–Crippen MR) is 84.3 cm³/mol. The molecule has 0 spiro atoms. The third kappa shape index (κ3) is 3.75. The molecule has 0 aliphatic rings. The maximum Gasteiger partial charge on any atom is 0.316 e. The largest absolute Gasteiger partial charge is 0.376 e. The van der Waals surface area contributed by atoms with Gasteiger partial charge in [0.05, 0.1) is 11.4 Å². The Morgan fingerprint density at radius 3 is 2.62 bits per heavy atom. The fourth-order valence-electron chi connectivity index (χ4n) is 2.23. The lowest BCUT2D eigenvalue weighted by molar-refractivity contribution is 0.259. The highest BCUT2D eigenvalue weighted by atomic mass is 16.2. The van der Waals surface area contributed by atoms with Crippen molar-refractivity contribution >= 4 is 17.4 Å². The van der Waals surface area contributed by atoms with E-state index in [4.69, 9.17) is 5.73 Å². The monoisotopic (exact) mass is 287 g/mol. The first-order chi connectivity index (χ1) is 9.99. The highest BCUT2D eigenvalue weighted by Crippen LogP contribution is 2.23. The first-order valence-corrected chi connectivity index (χ1v) is 6.95. The number of nitrogens with zero attached hydrogens (tertiary/aromatic N) is 2. The molecular weight excluding hydrogens is 266 g/mol. The van der Waals surface area contributed by atoms with Crippen molar-refractivity contribution in [1.82, 2.24) is 9.78 Å². The number of nitrogens with one attached hydrogen (secondary N) is 2. The van der Waals surface area contributed by atoms with Gasteiger partial charge in [-0.2, -0.15) is 5.10 Å². The highest BCUT2D eigenvalue weighted by molar-refractivity contribution is 5.87. The smallest absolute Gasteiger partial charge is 0.316 e. The van der Waals surface area contributed by atoms with Crippen LogP contribution in [0.25, 0.3) is 0 Å². The summed E-state index contributed by atoms with van der Waals surface area (Å²) in [5.74, 6) is 0. The Bertz CT molecular complexity index is 617. The van der Waals surface area contributed by atoms with Crippen molar-refractivity contribution < 1.29 is 4.79 Å². The highest BCUT2D eigenvalue weighted by Gasteiger charge is 2.10. The lowest BCUT2D eigenvalue weighted by Gasteiger charge is -2.15. The van der Waals surface area contributed by atoms with Gasteiger partial charge in [-0.15, -0.1) is 0 Å². The van der Waals surface area contributed by atoms with Gasteiger partial charge in [0.15, 0.2) is 0 Å². The van der Waals surface area contributed by atoms with Gasteiger partial charge in [0, 0.05) is 25.0 Å². The van der Waals surface area contributed by atoms with Gasteiger partial charge in [0.25, 0.3) is 0 Å².